The van der Waals surface area contributed by atoms with Gasteiger partial charge in [-0.25, -0.2) is 4.39 Å². The van der Waals surface area contributed by atoms with E-state index in [-0.39, 0.29) is 0 Å². The minimum Gasteiger partial charge on any atom is -0.399 e. The lowest BCUT2D eigenvalue weighted by Gasteiger charge is -2.07. The lowest BCUT2D eigenvalue weighted by molar-refractivity contribution is 0.632. The van der Waals surface area contributed by atoms with Crippen molar-refractivity contribution in [3.63, 3.8) is 0 Å². The molecule has 0 unspecified atom stereocenters. The van der Waals surface area contributed by atoms with Crippen LogP contribution < -0.4 is 5.73 Å². The van der Waals surface area contributed by atoms with Crippen molar-refractivity contribution in [1.29, 1.82) is 0 Å². The zero-order chi connectivity index (χ0) is 11.7. The van der Waals surface area contributed by atoms with Gasteiger partial charge in [-0.3, -0.25) is 0 Å². The summed E-state index contributed by atoms with van der Waals surface area (Å²) in [5.74, 6) is -0.413. The Bertz CT molecular complexity index is 541. The van der Waals surface area contributed by atoms with E-state index < -0.39 is 5.82 Å². The number of hydrogen-bond acceptors (Lipinski definition) is 1. The molecule has 0 amide bonds. The van der Waals surface area contributed by atoms with Crippen molar-refractivity contribution in [3.8, 4) is 11.1 Å². The second kappa shape index (κ2) is 4.32. The fraction of sp³-hybridized carbons (Fsp3) is 0. The van der Waals surface area contributed by atoms with Crippen LogP contribution in [0.15, 0.2) is 36.4 Å². The molecule has 0 bridgehead atoms. The first-order valence-corrected chi connectivity index (χ1v) is 5.34. The molecule has 16 heavy (non-hydrogen) atoms. The largest absolute Gasteiger partial charge is 0.399 e. The van der Waals surface area contributed by atoms with Gasteiger partial charge in [0.25, 0.3) is 0 Å². The molecule has 2 aromatic rings. The van der Waals surface area contributed by atoms with Crippen LogP contribution in [0.3, 0.4) is 0 Å². The summed E-state index contributed by atoms with van der Waals surface area (Å²) in [6, 6.07) is 9.55. The molecule has 4 heteroatoms. The van der Waals surface area contributed by atoms with Gasteiger partial charge in [0.15, 0.2) is 0 Å². The van der Waals surface area contributed by atoms with Crippen LogP contribution in [0.25, 0.3) is 11.1 Å². The molecule has 0 atom stereocenters. The number of nitrogen functional groups attached to an aromatic ring is 1. The molecule has 2 N–H and O–H groups in total. The van der Waals surface area contributed by atoms with E-state index >= 15 is 0 Å². The van der Waals surface area contributed by atoms with Crippen LogP contribution in [0.5, 0.6) is 0 Å². The average molecular weight is 256 g/mol. The zero-order valence-corrected chi connectivity index (χ0v) is 9.69. The molecule has 0 saturated heterocycles. The fourth-order valence-electron chi connectivity index (χ4n) is 1.46. The molecular weight excluding hydrogens is 248 g/mol. The predicted molar refractivity (Wildman–Crippen MR) is 66.3 cm³/mol. The molecule has 0 spiro atoms. The third kappa shape index (κ3) is 1.99. The van der Waals surface area contributed by atoms with Gasteiger partial charge in [0.1, 0.15) is 5.82 Å². The Balaban J connectivity index is 2.63. The van der Waals surface area contributed by atoms with Crippen LogP contribution in [-0.4, -0.2) is 0 Å². The molecule has 2 aromatic carbocycles. The van der Waals surface area contributed by atoms with E-state index in [1.165, 1.54) is 6.07 Å². The highest BCUT2D eigenvalue weighted by Gasteiger charge is 2.10. The Morgan fingerprint density at radius 1 is 1.00 bits per heavy atom. The van der Waals surface area contributed by atoms with Crippen molar-refractivity contribution in [2.24, 2.45) is 0 Å². The summed E-state index contributed by atoms with van der Waals surface area (Å²) in [6.45, 7) is 0. The molecule has 0 radical (unpaired) electrons. The van der Waals surface area contributed by atoms with Crippen LogP contribution in [-0.2, 0) is 0 Å². The predicted octanol–water partition coefficient (Wildman–Crippen LogP) is 4.38. The zero-order valence-electron chi connectivity index (χ0n) is 8.18. The van der Waals surface area contributed by atoms with Gasteiger partial charge in [-0.1, -0.05) is 35.3 Å². The Morgan fingerprint density at radius 3 is 2.44 bits per heavy atom. The van der Waals surface area contributed by atoms with Gasteiger partial charge in [0.05, 0.1) is 10.0 Å². The van der Waals surface area contributed by atoms with E-state index in [4.69, 9.17) is 28.9 Å². The summed E-state index contributed by atoms with van der Waals surface area (Å²) in [6.07, 6.45) is 0. The van der Waals surface area contributed by atoms with Gasteiger partial charge in [0.2, 0.25) is 0 Å². The van der Waals surface area contributed by atoms with E-state index in [1.54, 1.807) is 30.3 Å². The summed E-state index contributed by atoms with van der Waals surface area (Å²) in [4.78, 5) is 0. The lowest BCUT2D eigenvalue weighted by atomic mass is 10.0. The monoisotopic (exact) mass is 255 g/mol. The maximum atomic E-state index is 13.7. The van der Waals surface area contributed by atoms with Crippen molar-refractivity contribution in [2.75, 3.05) is 5.73 Å². The molecular formula is C12H8Cl2FN. The number of nitrogens with two attached hydrogens (primary N) is 1. The fourth-order valence-corrected chi connectivity index (χ4v) is 1.86. The van der Waals surface area contributed by atoms with Gasteiger partial charge < -0.3 is 5.73 Å². The third-order valence-corrected chi connectivity index (χ3v) is 3.05. The lowest BCUT2D eigenvalue weighted by Crippen LogP contribution is -1.90. The summed E-state index contributed by atoms with van der Waals surface area (Å²) in [5.41, 5.74) is 6.80. The van der Waals surface area contributed by atoms with Gasteiger partial charge in [-0.05, 0) is 24.3 Å². The van der Waals surface area contributed by atoms with Gasteiger partial charge in [-0.15, -0.1) is 0 Å². The van der Waals surface area contributed by atoms with Crippen LogP contribution in [0.1, 0.15) is 0 Å². The summed E-state index contributed by atoms with van der Waals surface area (Å²) in [7, 11) is 0. The molecule has 2 rings (SSSR count). The van der Waals surface area contributed by atoms with Crippen LogP contribution in [0.2, 0.25) is 10.0 Å². The first-order valence-electron chi connectivity index (χ1n) is 4.59. The Labute approximate surface area is 103 Å². The normalized spacial score (nSPS) is 10.4. The van der Waals surface area contributed by atoms with Crippen molar-refractivity contribution in [1.82, 2.24) is 0 Å². The molecule has 0 aliphatic carbocycles. The van der Waals surface area contributed by atoms with E-state index in [9.17, 15) is 4.39 Å². The number of rotatable bonds is 1. The maximum Gasteiger partial charge on any atom is 0.133 e. The van der Waals surface area contributed by atoms with E-state index in [0.717, 1.165) is 0 Å². The highest BCUT2D eigenvalue weighted by molar-refractivity contribution is 6.43. The molecule has 0 heterocycles. The van der Waals surface area contributed by atoms with Crippen molar-refractivity contribution in [3.05, 3.63) is 52.3 Å². The Morgan fingerprint density at radius 2 is 1.75 bits per heavy atom. The molecule has 82 valence electrons. The van der Waals surface area contributed by atoms with Crippen molar-refractivity contribution < 1.29 is 4.39 Å². The molecule has 0 aliphatic heterocycles. The first kappa shape index (κ1) is 11.2. The van der Waals surface area contributed by atoms with Gasteiger partial charge in [-0.2, -0.15) is 0 Å². The topological polar surface area (TPSA) is 26.0 Å². The third-order valence-electron chi connectivity index (χ3n) is 2.23. The molecule has 0 saturated carbocycles. The average Bonchev–Trinajstić information content (AvgIpc) is 2.23. The van der Waals surface area contributed by atoms with Crippen LogP contribution in [0.4, 0.5) is 10.1 Å². The first-order chi connectivity index (χ1) is 7.59. The molecule has 0 fully saturated rings. The second-order valence-electron chi connectivity index (χ2n) is 3.34. The maximum absolute atomic E-state index is 13.7. The second-order valence-corrected chi connectivity index (χ2v) is 4.13. The minimum absolute atomic E-state index is 0.341. The molecule has 0 aliphatic rings. The molecule has 1 nitrogen and oxygen atoms in total. The number of benzene rings is 2. The summed E-state index contributed by atoms with van der Waals surface area (Å²) < 4.78 is 13.7. The van der Waals surface area contributed by atoms with Crippen molar-refractivity contribution in [2.45, 2.75) is 0 Å². The standard InChI is InChI=1S/C12H8Cl2FN/c13-10-3-1-2-9(12(10)14)8-5-4-7(16)6-11(8)15/h1-6H,16H2. The van der Waals surface area contributed by atoms with E-state index in [1.807, 2.05) is 0 Å². The van der Waals surface area contributed by atoms with E-state index in [0.29, 0.717) is 26.9 Å². The Hall–Kier alpha value is -1.25. The number of hydrogen-bond donors (Lipinski definition) is 1. The number of anilines is 1. The minimum atomic E-state index is -0.413. The Kier molecular flexibility index (Phi) is 3.03. The van der Waals surface area contributed by atoms with Crippen molar-refractivity contribution >= 4 is 28.9 Å². The smallest absolute Gasteiger partial charge is 0.133 e. The highest BCUT2D eigenvalue weighted by atomic mass is 35.5. The highest BCUT2D eigenvalue weighted by Crippen LogP contribution is 2.35. The SMILES string of the molecule is Nc1ccc(-c2cccc(Cl)c2Cl)c(F)c1. The summed E-state index contributed by atoms with van der Waals surface area (Å²) >= 11 is 11.9. The van der Waals surface area contributed by atoms with Crippen LogP contribution >= 0.6 is 23.2 Å². The van der Waals surface area contributed by atoms with Gasteiger partial charge in [0, 0.05) is 16.8 Å². The quantitative estimate of drug-likeness (QED) is 0.752. The summed E-state index contributed by atoms with van der Waals surface area (Å²) in [5, 5.41) is 0.739. The number of halogens is 3. The van der Waals surface area contributed by atoms with Gasteiger partial charge >= 0.3 is 0 Å². The van der Waals surface area contributed by atoms with Crippen LogP contribution in [0, 0.1) is 5.82 Å². The van der Waals surface area contributed by atoms with E-state index in [2.05, 4.69) is 0 Å². The molecule has 0 aromatic heterocycles.